The van der Waals surface area contributed by atoms with Gasteiger partial charge in [0.1, 0.15) is 5.25 Å². The third-order valence-electron chi connectivity index (χ3n) is 3.20. The summed E-state index contributed by atoms with van der Waals surface area (Å²) in [7, 11) is -3.45. The van der Waals surface area contributed by atoms with Crippen LogP contribution in [-0.2, 0) is 9.84 Å². The summed E-state index contributed by atoms with van der Waals surface area (Å²) in [6.07, 6.45) is 0. The summed E-state index contributed by atoms with van der Waals surface area (Å²) in [4.78, 5) is 0.314. The van der Waals surface area contributed by atoms with E-state index in [1.165, 1.54) is 0 Å². The highest BCUT2D eigenvalue weighted by molar-refractivity contribution is 7.91. The van der Waals surface area contributed by atoms with Crippen molar-refractivity contribution in [2.24, 2.45) is 5.73 Å². The number of hydrogen-bond acceptors (Lipinski definition) is 3. The van der Waals surface area contributed by atoms with Crippen LogP contribution in [0.1, 0.15) is 16.4 Å². The van der Waals surface area contributed by atoms with Gasteiger partial charge < -0.3 is 5.73 Å². The molecule has 2 aromatic carbocycles. The molecule has 19 heavy (non-hydrogen) atoms. The molecule has 1 atom stereocenters. The molecular formula is C15H17NO2S. The van der Waals surface area contributed by atoms with Gasteiger partial charge in [-0.25, -0.2) is 8.42 Å². The van der Waals surface area contributed by atoms with E-state index in [1.807, 2.05) is 31.2 Å². The summed E-state index contributed by atoms with van der Waals surface area (Å²) in [6.45, 7) is 1.97. The Bertz CT molecular complexity index is 651. The Morgan fingerprint density at radius 1 is 1.00 bits per heavy atom. The second kappa shape index (κ2) is 5.55. The van der Waals surface area contributed by atoms with Crippen LogP contribution in [-0.4, -0.2) is 15.0 Å². The largest absolute Gasteiger partial charge is 0.329 e. The van der Waals surface area contributed by atoms with Crippen LogP contribution in [0.25, 0.3) is 0 Å². The van der Waals surface area contributed by atoms with Crippen molar-refractivity contribution in [3.63, 3.8) is 0 Å². The molecular weight excluding hydrogens is 258 g/mol. The number of hydrogen-bond donors (Lipinski definition) is 1. The van der Waals surface area contributed by atoms with Gasteiger partial charge in [-0.2, -0.15) is 0 Å². The lowest BCUT2D eigenvalue weighted by molar-refractivity contribution is 0.582. The van der Waals surface area contributed by atoms with E-state index >= 15 is 0 Å². The summed E-state index contributed by atoms with van der Waals surface area (Å²) >= 11 is 0. The van der Waals surface area contributed by atoms with E-state index in [0.717, 1.165) is 11.1 Å². The van der Waals surface area contributed by atoms with Crippen molar-refractivity contribution in [3.05, 3.63) is 65.7 Å². The second-order valence-electron chi connectivity index (χ2n) is 4.44. The molecule has 2 N–H and O–H groups in total. The standard InChI is InChI=1S/C15H17NO2S/c1-12-7-5-6-10-14(12)15(11-16)19(17,18)13-8-3-2-4-9-13/h2-10,15H,11,16H2,1H3/t15-/m0/s1. The maximum atomic E-state index is 12.6. The van der Waals surface area contributed by atoms with E-state index in [2.05, 4.69) is 0 Å². The van der Waals surface area contributed by atoms with Gasteiger partial charge in [-0.1, -0.05) is 42.5 Å². The third-order valence-corrected chi connectivity index (χ3v) is 5.32. The molecule has 0 aliphatic heterocycles. The first-order valence-electron chi connectivity index (χ1n) is 6.12. The van der Waals surface area contributed by atoms with Crippen LogP contribution in [0.3, 0.4) is 0 Å². The molecule has 3 nitrogen and oxygen atoms in total. The molecule has 0 aliphatic rings. The van der Waals surface area contributed by atoms with Crippen LogP contribution in [0.5, 0.6) is 0 Å². The summed E-state index contributed by atoms with van der Waals surface area (Å²) in [5.41, 5.74) is 7.43. The Labute approximate surface area is 114 Å². The molecule has 0 unspecified atom stereocenters. The van der Waals surface area contributed by atoms with Gasteiger partial charge in [0.2, 0.25) is 0 Å². The summed E-state index contributed by atoms with van der Waals surface area (Å²) in [6, 6.07) is 15.9. The molecule has 0 fully saturated rings. The number of rotatable bonds is 4. The van der Waals surface area contributed by atoms with Gasteiger partial charge in [-0.15, -0.1) is 0 Å². The summed E-state index contributed by atoms with van der Waals surface area (Å²) in [5, 5.41) is -0.698. The van der Waals surface area contributed by atoms with Gasteiger partial charge in [0.15, 0.2) is 9.84 Å². The SMILES string of the molecule is Cc1ccccc1[C@H](CN)S(=O)(=O)c1ccccc1. The third kappa shape index (κ3) is 2.69. The van der Waals surface area contributed by atoms with Crippen molar-refractivity contribution in [1.29, 1.82) is 0 Å². The van der Waals surface area contributed by atoms with E-state index in [-0.39, 0.29) is 6.54 Å². The van der Waals surface area contributed by atoms with E-state index in [4.69, 9.17) is 5.73 Å². The topological polar surface area (TPSA) is 60.2 Å². The monoisotopic (exact) mass is 275 g/mol. The Balaban J connectivity index is 2.52. The molecule has 0 amide bonds. The first kappa shape index (κ1) is 13.8. The van der Waals surface area contributed by atoms with Gasteiger partial charge in [0.05, 0.1) is 4.90 Å². The van der Waals surface area contributed by atoms with Crippen molar-refractivity contribution in [2.75, 3.05) is 6.54 Å². The molecule has 0 radical (unpaired) electrons. The predicted octanol–water partition coefficient (Wildman–Crippen LogP) is 2.47. The van der Waals surface area contributed by atoms with Gasteiger partial charge in [0.25, 0.3) is 0 Å². The van der Waals surface area contributed by atoms with Gasteiger partial charge >= 0.3 is 0 Å². The Morgan fingerprint density at radius 2 is 1.58 bits per heavy atom. The minimum atomic E-state index is -3.45. The van der Waals surface area contributed by atoms with E-state index < -0.39 is 15.1 Å². The Morgan fingerprint density at radius 3 is 2.16 bits per heavy atom. The molecule has 100 valence electrons. The highest BCUT2D eigenvalue weighted by Gasteiger charge is 2.28. The number of benzene rings is 2. The van der Waals surface area contributed by atoms with Crippen LogP contribution in [0, 0.1) is 6.92 Å². The normalized spacial score (nSPS) is 13.2. The zero-order valence-electron chi connectivity index (χ0n) is 10.8. The molecule has 0 aromatic heterocycles. The first-order valence-corrected chi connectivity index (χ1v) is 7.66. The molecule has 0 bridgehead atoms. The average molecular weight is 275 g/mol. The number of aryl methyl sites for hydroxylation is 1. The minimum Gasteiger partial charge on any atom is -0.329 e. The lowest BCUT2D eigenvalue weighted by Crippen LogP contribution is -2.23. The van der Waals surface area contributed by atoms with E-state index in [0.29, 0.717) is 4.90 Å². The molecule has 0 spiro atoms. The maximum absolute atomic E-state index is 12.6. The highest BCUT2D eigenvalue weighted by atomic mass is 32.2. The smallest absolute Gasteiger partial charge is 0.186 e. The maximum Gasteiger partial charge on any atom is 0.186 e. The predicted molar refractivity (Wildman–Crippen MR) is 76.6 cm³/mol. The minimum absolute atomic E-state index is 0.0715. The van der Waals surface area contributed by atoms with Crippen LogP contribution >= 0.6 is 0 Å². The number of sulfone groups is 1. The molecule has 0 saturated heterocycles. The summed E-state index contributed by atoms with van der Waals surface area (Å²) in [5.74, 6) is 0. The van der Waals surface area contributed by atoms with Crippen LogP contribution in [0.4, 0.5) is 0 Å². The molecule has 0 heterocycles. The molecule has 0 saturated carbocycles. The highest BCUT2D eigenvalue weighted by Crippen LogP contribution is 2.29. The van der Waals surface area contributed by atoms with E-state index in [1.54, 1.807) is 30.3 Å². The molecule has 4 heteroatoms. The quantitative estimate of drug-likeness (QED) is 0.932. The van der Waals surface area contributed by atoms with Crippen molar-refractivity contribution >= 4 is 9.84 Å². The van der Waals surface area contributed by atoms with Gasteiger partial charge in [-0.05, 0) is 30.2 Å². The first-order chi connectivity index (χ1) is 9.07. The Kier molecular flexibility index (Phi) is 4.02. The fraction of sp³-hybridized carbons (Fsp3) is 0.200. The van der Waals surface area contributed by atoms with Gasteiger partial charge in [-0.3, -0.25) is 0 Å². The fourth-order valence-corrected chi connectivity index (χ4v) is 3.86. The molecule has 0 aliphatic carbocycles. The molecule has 2 rings (SSSR count). The van der Waals surface area contributed by atoms with E-state index in [9.17, 15) is 8.42 Å². The van der Waals surface area contributed by atoms with Crippen molar-refractivity contribution in [3.8, 4) is 0 Å². The van der Waals surface area contributed by atoms with Gasteiger partial charge in [0, 0.05) is 6.54 Å². The average Bonchev–Trinajstić information content (AvgIpc) is 2.42. The van der Waals surface area contributed by atoms with Crippen molar-refractivity contribution in [2.45, 2.75) is 17.1 Å². The Hall–Kier alpha value is -1.65. The fourth-order valence-electron chi connectivity index (χ4n) is 2.14. The zero-order valence-corrected chi connectivity index (χ0v) is 11.6. The van der Waals surface area contributed by atoms with Crippen LogP contribution in [0.15, 0.2) is 59.5 Å². The van der Waals surface area contributed by atoms with Crippen molar-refractivity contribution in [1.82, 2.24) is 0 Å². The second-order valence-corrected chi connectivity index (χ2v) is 6.57. The van der Waals surface area contributed by atoms with Crippen LogP contribution < -0.4 is 5.73 Å². The zero-order chi connectivity index (χ0) is 13.9. The lowest BCUT2D eigenvalue weighted by atomic mass is 10.1. The number of nitrogens with two attached hydrogens (primary N) is 1. The van der Waals surface area contributed by atoms with Crippen LogP contribution in [0.2, 0.25) is 0 Å². The van der Waals surface area contributed by atoms with Crippen molar-refractivity contribution < 1.29 is 8.42 Å². The molecule has 2 aromatic rings. The lowest BCUT2D eigenvalue weighted by Gasteiger charge is -2.18. The summed E-state index contributed by atoms with van der Waals surface area (Å²) < 4.78 is 25.3.